The molecule has 15 heavy (non-hydrogen) atoms. The maximum Gasteiger partial charge on any atom is 0.226 e. The summed E-state index contributed by atoms with van der Waals surface area (Å²) in [5.74, 6) is 3.08. The SMILES string of the molecule is C#CC1(C)CC2(C)CNC(=O)C(C)(C1)C2. The Bertz CT molecular complexity index is 356. The molecule has 1 saturated heterocycles. The number of amides is 1. The van der Waals surface area contributed by atoms with E-state index >= 15 is 0 Å². The highest BCUT2D eigenvalue weighted by Crippen LogP contribution is 2.55. The molecule has 1 saturated carbocycles. The van der Waals surface area contributed by atoms with E-state index in [4.69, 9.17) is 6.42 Å². The van der Waals surface area contributed by atoms with Crippen LogP contribution < -0.4 is 5.32 Å². The summed E-state index contributed by atoms with van der Waals surface area (Å²) in [6.45, 7) is 7.17. The fraction of sp³-hybridized carbons (Fsp3) is 0.769. The van der Waals surface area contributed by atoms with E-state index in [1.165, 1.54) is 0 Å². The van der Waals surface area contributed by atoms with Crippen molar-refractivity contribution in [1.29, 1.82) is 0 Å². The number of terminal acetylenes is 1. The van der Waals surface area contributed by atoms with E-state index in [1.54, 1.807) is 0 Å². The maximum absolute atomic E-state index is 11.9. The monoisotopic (exact) mass is 205 g/mol. The lowest BCUT2D eigenvalue weighted by molar-refractivity contribution is -0.144. The molecular weight excluding hydrogens is 186 g/mol. The molecule has 1 aliphatic heterocycles. The summed E-state index contributed by atoms with van der Waals surface area (Å²) in [5, 5.41) is 3.02. The fourth-order valence-corrected chi connectivity index (χ4v) is 3.83. The molecule has 1 N–H and O–H groups in total. The Balaban J connectivity index is 2.39. The van der Waals surface area contributed by atoms with Gasteiger partial charge >= 0.3 is 0 Å². The lowest BCUT2D eigenvalue weighted by Gasteiger charge is -2.53. The van der Waals surface area contributed by atoms with Crippen LogP contribution in [0.3, 0.4) is 0 Å². The molecular formula is C13H19NO. The Labute approximate surface area is 91.8 Å². The lowest BCUT2D eigenvalue weighted by Crippen LogP contribution is -2.58. The van der Waals surface area contributed by atoms with E-state index in [0.29, 0.717) is 0 Å². The standard InChI is InChI=1S/C13H19NO/c1-5-11(2)6-12(3)8-13(4,7-11)10(15)14-9-12/h1H,6-9H2,2-4H3,(H,14,15). The van der Waals surface area contributed by atoms with Crippen molar-refractivity contribution >= 4 is 5.91 Å². The summed E-state index contributed by atoms with van der Waals surface area (Å²) in [5.41, 5.74) is -0.187. The highest BCUT2D eigenvalue weighted by molar-refractivity contribution is 5.83. The van der Waals surface area contributed by atoms with Gasteiger partial charge in [-0.2, -0.15) is 0 Å². The van der Waals surface area contributed by atoms with Crippen molar-refractivity contribution in [3.8, 4) is 12.3 Å². The summed E-state index contributed by atoms with van der Waals surface area (Å²) in [4.78, 5) is 11.9. The zero-order valence-corrected chi connectivity index (χ0v) is 9.81. The Hall–Kier alpha value is -0.970. The number of fused-ring (bicyclic) bond motifs is 2. The number of hydrogen-bond acceptors (Lipinski definition) is 1. The summed E-state index contributed by atoms with van der Waals surface area (Å²) in [6.07, 6.45) is 8.44. The number of carbonyl (C=O) groups is 1. The Morgan fingerprint density at radius 1 is 1.27 bits per heavy atom. The van der Waals surface area contributed by atoms with Gasteiger partial charge in [-0.1, -0.05) is 13.8 Å². The van der Waals surface area contributed by atoms with Crippen LogP contribution in [0.2, 0.25) is 0 Å². The van der Waals surface area contributed by atoms with Gasteiger partial charge in [0.25, 0.3) is 0 Å². The number of piperidine rings is 1. The van der Waals surface area contributed by atoms with E-state index in [0.717, 1.165) is 25.8 Å². The van der Waals surface area contributed by atoms with E-state index in [9.17, 15) is 4.79 Å². The summed E-state index contributed by atoms with van der Waals surface area (Å²) in [7, 11) is 0. The second-order valence-corrected chi connectivity index (χ2v) is 6.29. The third kappa shape index (κ3) is 1.55. The molecule has 2 aliphatic rings. The van der Waals surface area contributed by atoms with Crippen molar-refractivity contribution in [1.82, 2.24) is 5.32 Å². The van der Waals surface area contributed by atoms with Gasteiger partial charge in [-0.05, 0) is 31.6 Å². The predicted molar refractivity (Wildman–Crippen MR) is 60.0 cm³/mol. The van der Waals surface area contributed by atoms with Crippen molar-refractivity contribution in [2.75, 3.05) is 6.54 Å². The minimum absolute atomic E-state index is 0.112. The van der Waals surface area contributed by atoms with Crippen LogP contribution in [0.5, 0.6) is 0 Å². The normalized spacial score (nSPS) is 49.3. The van der Waals surface area contributed by atoms with E-state index in [2.05, 4.69) is 32.0 Å². The van der Waals surface area contributed by atoms with Gasteiger partial charge < -0.3 is 5.32 Å². The first kappa shape index (κ1) is 10.5. The van der Waals surface area contributed by atoms with Crippen LogP contribution in [0, 0.1) is 28.6 Å². The number of rotatable bonds is 0. The number of hydrogen-bond donors (Lipinski definition) is 1. The highest BCUT2D eigenvalue weighted by Gasteiger charge is 2.54. The van der Waals surface area contributed by atoms with Crippen LogP contribution in [0.15, 0.2) is 0 Å². The van der Waals surface area contributed by atoms with Crippen molar-refractivity contribution in [2.24, 2.45) is 16.2 Å². The van der Waals surface area contributed by atoms with Crippen molar-refractivity contribution in [2.45, 2.75) is 40.0 Å². The molecule has 0 spiro atoms. The molecule has 3 atom stereocenters. The van der Waals surface area contributed by atoms with Gasteiger partial charge in [0.2, 0.25) is 5.91 Å². The third-order valence-electron chi connectivity index (χ3n) is 3.99. The number of nitrogens with one attached hydrogen (secondary N) is 1. The molecule has 2 nitrogen and oxygen atoms in total. The molecule has 3 unspecified atom stereocenters. The highest BCUT2D eigenvalue weighted by atomic mass is 16.2. The zero-order chi connectivity index (χ0) is 11.3. The Morgan fingerprint density at radius 2 is 1.93 bits per heavy atom. The van der Waals surface area contributed by atoms with E-state index in [1.807, 2.05) is 0 Å². The molecule has 0 aromatic carbocycles. The van der Waals surface area contributed by atoms with Gasteiger partial charge in [-0.15, -0.1) is 12.3 Å². The molecule has 2 rings (SSSR count). The van der Waals surface area contributed by atoms with Crippen LogP contribution in [-0.2, 0) is 4.79 Å². The van der Waals surface area contributed by atoms with E-state index < -0.39 is 0 Å². The first-order chi connectivity index (χ1) is 6.81. The first-order valence-electron chi connectivity index (χ1n) is 5.57. The average molecular weight is 205 g/mol. The lowest BCUT2D eigenvalue weighted by atomic mass is 9.53. The van der Waals surface area contributed by atoms with Crippen molar-refractivity contribution in [3.63, 3.8) is 0 Å². The second kappa shape index (κ2) is 2.78. The molecule has 1 aliphatic carbocycles. The van der Waals surface area contributed by atoms with Gasteiger partial charge in [0.05, 0.1) is 0 Å². The molecule has 82 valence electrons. The van der Waals surface area contributed by atoms with Gasteiger partial charge in [-0.3, -0.25) is 4.79 Å². The molecule has 2 fully saturated rings. The molecule has 2 heteroatoms. The van der Waals surface area contributed by atoms with E-state index in [-0.39, 0.29) is 22.2 Å². The summed E-state index contributed by atoms with van der Waals surface area (Å²) >= 11 is 0. The maximum atomic E-state index is 11.9. The van der Waals surface area contributed by atoms with Crippen LogP contribution in [0.25, 0.3) is 0 Å². The quantitative estimate of drug-likeness (QED) is 0.602. The Kier molecular flexibility index (Phi) is 1.96. The minimum atomic E-state index is -0.258. The molecule has 1 heterocycles. The zero-order valence-electron chi connectivity index (χ0n) is 9.81. The first-order valence-corrected chi connectivity index (χ1v) is 5.57. The summed E-state index contributed by atoms with van der Waals surface area (Å²) < 4.78 is 0. The molecule has 0 radical (unpaired) electrons. The van der Waals surface area contributed by atoms with Gasteiger partial charge in [0, 0.05) is 17.4 Å². The van der Waals surface area contributed by atoms with Gasteiger partial charge in [-0.25, -0.2) is 0 Å². The Morgan fingerprint density at radius 3 is 2.53 bits per heavy atom. The van der Waals surface area contributed by atoms with Crippen LogP contribution >= 0.6 is 0 Å². The molecule has 0 aromatic rings. The third-order valence-corrected chi connectivity index (χ3v) is 3.99. The second-order valence-electron chi connectivity index (χ2n) is 6.29. The average Bonchev–Trinajstić information content (AvgIpc) is 2.11. The van der Waals surface area contributed by atoms with Crippen LogP contribution in [-0.4, -0.2) is 12.5 Å². The van der Waals surface area contributed by atoms with Crippen molar-refractivity contribution < 1.29 is 4.79 Å². The topological polar surface area (TPSA) is 29.1 Å². The fourth-order valence-electron chi connectivity index (χ4n) is 3.83. The van der Waals surface area contributed by atoms with Gasteiger partial charge in [0.1, 0.15) is 0 Å². The number of carbonyl (C=O) groups excluding carboxylic acids is 1. The summed E-state index contributed by atoms with van der Waals surface area (Å²) in [6, 6.07) is 0. The molecule has 1 amide bonds. The van der Waals surface area contributed by atoms with Crippen molar-refractivity contribution in [3.05, 3.63) is 0 Å². The van der Waals surface area contributed by atoms with Gasteiger partial charge in [0.15, 0.2) is 0 Å². The molecule has 2 bridgehead atoms. The predicted octanol–water partition coefficient (Wildman–Crippen LogP) is 1.95. The largest absolute Gasteiger partial charge is 0.355 e. The molecule has 0 aromatic heterocycles. The van der Waals surface area contributed by atoms with Crippen LogP contribution in [0.4, 0.5) is 0 Å². The minimum Gasteiger partial charge on any atom is -0.355 e. The van der Waals surface area contributed by atoms with Crippen LogP contribution in [0.1, 0.15) is 40.0 Å². The smallest absolute Gasteiger partial charge is 0.226 e.